The number of hydrogen-bond acceptors (Lipinski definition) is 6. The molecule has 0 saturated carbocycles. The van der Waals surface area contributed by atoms with Crippen molar-refractivity contribution >= 4 is 5.91 Å². The van der Waals surface area contributed by atoms with Gasteiger partial charge in [-0.1, -0.05) is 5.16 Å². The summed E-state index contributed by atoms with van der Waals surface area (Å²) in [6.45, 7) is 8.36. The predicted molar refractivity (Wildman–Crippen MR) is 84.9 cm³/mol. The molecule has 2 fully saturated rings. The molecule has 23 heavy (non-hydrogen) atoms. The molecule has 1 aromatic rings. The van der Waals surface area contributed by atoms with Gasteiger partial charge in [-0.25, -0.2) is 0 Å². The second kappa shape index (κ2) is 7.90. The second-order valence-corrected chi connectivity index (χ2v) is 6.43. The predicted octanol–water partition coefficient (Wildman–Crippen LogP) is 0.396. The molecule has 0 spiro atoms. The van der Waals surface area contributed by atoms with E-state index in [1.165, 1.54) is 0 Å². The highest BCUT2D eigenvalue weighted by Gasteiger charge is 2.21. The van der Waals surface area contributed by atoms with Gasteiger partial charge in [0, 0.05) is 45.4 Å². The van der Waals surface area contributed by atoms with Crippen LogP contribution in [0.5, 0.6) is 0 Å². The number of amides is 1. The van der Waals surface area contributed by atoms with Crippen molar-refractivity contribution < 1.29 is 14.1 Å². The number of aromatic nitrogens is 1. The van der Waals surface area contributed by atoms with Gasteiger partial charge >= 0.3 is 0 Å². The van der Waals surface area contributed by atoms with E-state index in [2.05, 4.69) is 20.3 Å². The average molecular weight is 322 g/mol. The van der Waals surface area contributed by atoms with Crippen LogP contribution in [0.3, 0.4) is 0 Å². The molecular formula is C16H26N4O3. The zero-order valence-electron chi connectivity index (χ0n) is 13.8. The van der Waals surface area contributed by atoms with Crippen LogP contribution < -0.4 is 5.32 Å². The summed E-state index contributed by atoms with van der Waals surface area (Å²) < 4.78 is 10.8. The van der Waals surface area contributed by atoms with Crippen LogP contribution in [0.15, 0.2) is 10.6 Å². The van der Waals surface area contributed by atoms with Gasteiger partial charge in [0.2, 0.25) is 5.91 Å². The van der Waals surface area contributed by atoms with Gasteiger partial charge in [0.1, 0.15) is 0 Å². The summed E-state index contributed by atoms with van der Waals surface area (Å²) >= 11 is 0. The van der Waals surface area contributed by atoms with Crippen molar-refractivity contribution in [1.82, 2.24) is 20.3 Å². The van der Waals surface area contributed by atoms with Crippen molar-refractivity contribution in [3.8, 4) is 0 Å². The van der Waals surface area contributed by atoms with Crippen LogP contribution in [-0.4, -0.2) is 72.8 Å². The summed E-state index contributed by atoms with van der Waals surface area (Å²) in [5.74, 6) is 1.00. The molecule has 2 saturated heterocycles. The zero-order valence-corrected chi connectivity index (χ0v) is 13.8. The van der Waals surface area contributed by atoms with Crippen molar-refractivity contribution in [1.29, 1.82) is 0 Å². The third kappa shape index (κ3) is 5.02. The molecule has 1 amide bonds. The topological polar surface area (TPSA) is 70.8 Å². The van der Waals surface area contributed by atoms with Gasteiger partial charge in [0.25, 0.3) is 0 Å². The lowest BCUT2D eigenvalue weighted by molar-refractivity contribution is -0.123. The fourth-order valence-corrected chi connectivity index (χ4v) is 3.11. The van der Waals surface area contributed by atoms with E-state index in [-0.39, 0.29) is 12.0 Å². The molecule has 1 atom stereocenters. The Bertz CT molecular complexity index is 505. The van der Waals surface area contributed by atoms with E-state index < -0.39 is 0 Å². The lowest BCUT2D eigenvalue weighted by atomic mass is 10.2. The number of hydrogen-bond donors (Lipinski definition) is 1. The van der Waals surface area contributed by atoms with Gasteiger partial charge in [0.05, 0.1) is 24.9 Å². The molecular weight excluding hydrogens is 296 g/mol. The Morgan fingerprint density at radius 1 is 1.35 bits per heavy atom. The Balaban J connectivity index is 1.33. The Morgan fingerprint density at radius 3 is 2.78 bits per heavy atom. The highest BCUT2D eigenvalue weighted by atomic mass is 16.5. The Kier molecular flexibility index (Phi) is 5.64. The first-order valence-electron chi connectivity index (χ1n) is 8.44. The lowest BCUT2D eigenvalue weighted by Gasteiger charge is -2.33. The number of carbonyl (C=O) groups excluding carboxylic acids is 1. The highest BCUT2D eigenvalue weighted by molar-refractivity contribution is 5.78. The maximum absolute atomic E-state index is 12.0. The summed E-state index contributed by atoms with van der Waals surface area (Å²) in [4.78, 5) is 16.5. The minimum Gasteiger partial charge on any atom is -0.376 e. The Morgan fingerprint density at radius 2 is 2.13 bits per heavy atom. The molecule has 3 heterocycles. The Hall–Kier alpha value is -1.44. The molecule has 7 heteroatoms. The first-order chi connectivity index (χ1) is 11.2. The van der Waals surface area contributed by atoms with Crippen LogP contribution >= 0.6 is 0 Å². The summed E-state index contributed by atoms with van der Waals surface area (Å²) in [6, 6.07) is 1.98. The van der Waals surface area contributed by atoms with Crippen LogP contribution in [0.1, 0.15) is 24.3 Å². The van der Waals surface area contributed by atoms with Crippen molar-refractivity contribution in [3.05, 3.63) is 17.5 Å². The summed E-state index contributed by atoms with van der Waals surface area (Å²) in [6.07, 6.45) is 2.37. The summed E-state index contributed by atoms with van der Waals surface area (Å²) in [5, 5.41) is 6.90. The van der Waals surface area contributed by atoms with Crippen LogP contribution in [-0.2, 0) is 16.1 Å². The minimum absolute atomic E-state index is 0.0970. The molecule has 128 valence electrons. The van der Waals surface area contributed by atoms with Gasteiger partial charge in [0.15, 0.2) is 5.76 Å². The average Bonchev–Trinajstić information content (AvgIpc) is 3.19. The molecule has 1 N–H and O–H groups in total. The molecule has 0 aliphatic carbocycles. The van der Waals surface area contributed by atoms with E-state index in [1.807, 2.05) is 13.0 Å². The third-order valence-corrected chi connectivity index (χ3v) is 4.44. The van der Waals surface area contributed by atoms with Gasteiger partial charge in [-0.05, 0) is 19.8 Å². The zero-order chi connectivity index (χ0) is 16.1. The van der Waals surface area contributed by atoms with E-state index in [0.29, 0.717) is 13.1 Å². The summed E-state index contributed by atoms with van der Waals surface area (Å²) in [7, 11) is 0. The molecule has 2 aliphatic rings. The number of ether oxygens (including phenoxy) is 1. The van der Waals surface area contributed by atoms with E-state index in [0.717, 1.165) is 63.6 Å². The maximum Gasteiger partial charge on any atom is 0.234 e. The number of piperazine rings is 1. The molecule has 1 unspecified atom stereocenters. The maximum atomic E-state index is 12.0. The molecule has 1 aromatic heterocycles. The van der Waals surface area contributed by atoms with Crippen LogP contribution in [0.25, 0.3) is 0 Å². The number of rotatable bonds is 6. The third-order valence-electron chi connectivity index (χ3n) is 4.44. The smallest absolute Gasteiger partial charge is 0.234 e. The van der Waals surface area contributed by atoms with E-state index in [1.54, 1.807) is 0 Å². The van der Waals surface area contributed by atoms with Crippen molar-refractivity contribution in [2.75, 3.05) is 45.9 Å². The highest BCUT2D eigenvalue weighted by Crippen LogP contribution is 2.11. The van der Waals surface area contributed by atoms with E-state index in [9.17, 15) is 4.79 Å². The molecule has 0 radical (unpaired) electrons. The van der Waals surface area contributed by atoms with Crippen molar-refractivity contribution in [2.45, 2.75) is 32.4 Å². The number of nitrogens with zero attached hydrogens (tertiary/aromatic N) is 3. The number of nitrogens with one attached hydrogen (secondary N) is 1. The van der Waals surface area contributed by atoms with Crippen molar-refractivity contribution in [2.24, 2.45) is 0 Å². The molecule has 7 nitrogen and oxygen atoms in total. The molecule has 3 rings (SSSR count). The van der Waals surface area contributed by atoms with E-state index in [4.69, 9.17) is 9.26 Å². The van der Waals surface area contributed by atoms with Crippen LogP contribution in [0.4, 0.5) is 0 Å². The number of aryl methyl sites for hydroxylation is 1. The van der Waals surface area contributed by atoms with Crippen LogP contribution in [0.2, 0.25) is 0 Å². The fraction of sp³-hybridized carbons (Fsp3) is 0.750. The molecule has 0 aromatic carbocycles. The first kappa shape index (κ1) is 16.4. The van der Waals surface area contributed by atoms with E-state index >= 15 is 0 Å². The molecule has 0 bridgehead atoms. The Labute approximate surface area is 136 Å². The second-order valence-electron chi connectivity index (χ2n) is 6.43. The summed E-state index contributed by atoms with van der Waals surface area (Å²) in [5.41, 5.74) is 0.918. The van der Waals surface area contributed by atoms with Gasteiger partial charge in [-0.2, -0.15) is 0 Å². The molecule has 2 aliphatic heterocycles. The largest absolute Gasteiger partial charge is 0.376 e. The van der Waals surface area contributed by atoms with Crippen LogP contribution in [0, 0.1) is 6.92 Å². The van der Waals surface area contributed by atoms with Gasteiger partial charge < -0.3 is 14.6 Å². The SMILES string of the molecule is Cc1cc(CN2CCN(CC(=O)NCC3CCCO3)CC2)on1. The standard InChI is InChI=1S/C16H26N4O3/c1-13-9-15(23-18-13)11-19-4-6-20(7-5-19)12-16(21)17-10-14-3-2-8-22-14/h9,14H,2-8,10-12H2,1H3,(H,17,21). The fourth-order valence-electron chi connectivity index (χ4n) is 3.11. The normalized spacial score (nSPS) is 23.3. The first-order valence-corrected chi connectivity index (χ1v) is 8.44. The van der Waals surface area contributed by atoms with Crippen molar-refractivity contribution in [3.63, 3.8) is 0 Å². The van der Waals surface area contributed by atoms with Gasteiger partial charge in [-0.3, -0.25) is 14.6 Å². The quantitative estimate of drug-likeness (QED) is 0.817. The minimum atomic E-state index is 0.0970. The number of carbonyl (C=O) groups is 1. The van der Waals surface area contributed by atoms with Gasteiger partial charge in [-0.15, -0.1) is 0 Å². The monoisotopic (exact) mass is 322 g/mol. The lowest BCUT2D eigenvalue weighted by Crippen LogP contribution is -2.49.